The quantitative estimate of drug-likeness (QED) is 0.625. The number of isocyanates is 1. The van der Waals surface area contributed by atoms with Gasteiger partial charge in [-0.1, -0.05) is 6.07 Å². The average Bonchev–Trinajstić information content (AvgIpc) is 2.40. The van der Waals surface area contributed by atoms with Gasteiger partial charge in [-0.25, -0.2) is 13.2 Å². The zero-order chi connectivity index (χ0) is 13.7. The summed E-state index contributed by atoms with van der Waals surface area (Å²) in [5, 5.41) is 0. The molecule has 0 fully saturated rings. The molecule has 0 spiro atoms. The first-order valence-electron chi connectivity index (χ1n) is 5.05. The van der Waals surface area contributed by atoms with E-state index in [0.717, 1.165) is 0 Å². The molecule has 1 aromatic heterocycles. The van der Waals surface area contributed by atoms with Crippen molar-refractivity contribution in [2.75, 3.05) is 0 Å². The first-order chi connectivity index (χ1) is 9.12. The smallest absolute Gasteiger partial charge is 0.240 e. The number of aromatic nitrogens is 2. The third-order valence-electron chi connectivity index (χ3n) is 2.06. The van der Waals surface area contributed by atoms with Crippen LogP contribution in [-0.4, -0.2) is 24.5 Å². The zero-order valence-corrected chi connectivity index (χ0v) is 10.3. The Labute approximate surface area is 109 Å². The van der Waals surface area contributed by atoms with E-state index in [9.17, 15) is 13.2 Å². The molecule has 1 aromatic carbocycles. The Hall–Kier alpha value is -2.57. The van der Waals surface area contributed by atoms with Crippen LogP contribution in [0, 0.1) is 0 Å². The number of rotatable bonds is 4. The summed E-state index contributed by atoms with van der Waals surface area (Å²) in [7, 11) is -3.89. The summed E-state index contributed by atoms with van der Waals surface area (Å²) in [5.41, 5.74) is 0.310. The van der Waals surface area contributed by atoms with Gasteiger partial charge in [-0.15, -0.1) is 0 Å². The van der Waals surface area contributed by atoms with Gasteiger partial charge in [0.25, 0.3) is 0 Å². The van der Waals surface area contributed by atoms with Gasteiger partial charge >= 0.3 is 0 Å². The summed E-state index contributed by atoms with van der Waals surface area (Å²) in [4.78, 5) is 20.8. The van der Waals surface area contributed by atoms with Crippen LogP contribution in [-0.2, 0) is 14.8 Å². The molecule has 0 aliphatic carbocycles. The Bertz CT molecular complexity index is 707. The van der Waals surface area contributed by atoms with Crippen molar-refractivity contribution in [1.82, 2.24) is 9.97 Å². The van der Waals surface area contributed by atoms with Crippen molar-refractivity contribution < 1.29 is 13.2 Å². The molecule has 0 unspecified atom stereocenters. The lowest BCUT2D eigenvalue weighted by atomic mass is 10.3. The second kappa shape index (κ2) is 5.38. The van der Waals surface area contributed by atoms with Crippen LogP contribution in [0.1, 0.15) is 0 Å². The number of nitrogens with zero attached hydrogens (tertiary/aromatic N) is 4. The normalized spacial score (nSPS) is 10.5. The van der Waals surface area contributed by atoms with Gasteiger partial charge in [0, 0.05) is 5.95 Å². The van der Waals surface area contributed by atoms with E-state index in [4.69, 9.17) is 0 Å². The standard InChI is InChI=1S/C11H7N4O3S/c16-8-14-9-2-4-10(5-3-9)19(17,18)15-11-12-6-1-7-13-11/h1-7H/q-1. The highest BCUT2D eigenvalue weighted by atomic mass is 32.2. The molecule has 0 amide bonds. The maximum atomic E-state index is 11.9. The first kappa shape index (κ1) is 12.9. The predicted molar refractivity (Wildman–Crippen MR) is 66.5 cm³/mol. The van der Waals surface area contributed by atoms with Gasteiger partial charge in [0.05, 0.1) is 10.6 Å². The minimum atomic E-state index is -3.89. The van der Waals surface area contributed by atoms with Crippen LogP contribution >= 0.6 is 0 Å². The molecule has 7 nitrogen and oxygen atoms in total. The molecule has 96 valence electrons. The second-order valence-electron chi connectivity index (χ2n) is 3.31. The van der Waals surface area contributed by atoms with Gasteiger partial charge in [-0.2, -0.15) is 4.99 Å². The summed E-state index contributed by atoms with van der Waals surface area (Å²) < 4.78 is 27.3. The molecule has 19 heavy (non-hydrogen) atoms. The lowest BCUT2D eigenvalue weighted by molar-refractivity contribution is 0.565. The second-order valence-corrected chi connectivity index (χ2v) is 4.92. The lowest BCUT2D eigenvalue weighted by Crippen LogP contribution is -1.98. The minimum Gasteiger partial charge on any atom is -0.366 e. The van der Waals surface area contributed by atoms with E-state index < -0.39 is 10.0 Å². The maximum absolute atomic E-state index is 11.9. The van der Waals surface area contributed by atoms with Gasteiger partial charge in [0.1, 0.15) is 0 Å². The molecule has 0 saturated carbocycles. The van der Waals surface area contributed by atoms with E-state index in [1.165, 1.54) is 42.7 Å². The fourth-order valence-corrected chi connectivity index (χ4v) is 2.14. The molecule has 0 N–H and O–H groups in total. The Morgan fingerprint density at radius 1 is 1.11 bits per heavy atom. The Morgan fingerprint density at radius 3 is 2.32 bits per heavy atom. The molecule has 2 rings (SSSR count). The van der Waals surface area contributed by atoms with Crippen LogP contribution in [0.4, 0.5) is 11.6 Å². The van der Waals surface area contributed by atoms with Crippen LogP contribution in [0.15, 0.2) is 52.6 Å². The van der Waals surface area contributed by atoms with Gasteiger partial charge in [-0.3, -0.25) is 4.72 Å². The highest BCUT2D eigenvalue weighted by Crippen LogP contribution is 2.25. The molecule has 2 aromatic rings. The van der Waals surface area contributed by atoms with Crippen molar-refractivity contribution in [3.8, 4) is 0 Å². The third kappa shape index (κ3) is 3.21. The molecule has 0 atom stereocenters. The molecule has 0 aliphatic rings. The van der Waals surface area contributed by atoms with Gasteiger partial charge < -0.3 is 9.97 Å². The molecule has 0 aliphatic heterocycles. The number of aliphatic imine (C=N–C) groups is 1. The fourth-order valence-electron chi connectivity index (χ4n) is 1.24. The Balaban J connectivity index is 2.27. The van der Waals surface area contributed by atoms with E-state index in [0.29, 0.717) is 5.69 Å². The number of benzene rings is 1. The van der Waals surface area contributed by atoms with Crippen molar-refractivity contribution in [3.63, 3.8) is 0 Å². The van der Waals surface area contributed by atoms with Crippen LogP contribution in [0.3, 0.4) is 0 Å². The molecular weight excluding hydrogens is 268 g/mol. The number of sulfonamides is 1. The van der Waals surface area contributed by atoms with E-state index >= 15 is 0 Å². The average molecular weight is 275 g/mol. The molecule has 0 saturated heterocycles. The highest BCUT2D eigenvalue weighted by molar-refractivity contribution is 7.94. The largest absolute Gasteiger partial charge is 0.366 e. The predicted octanol–water partition coefficient (Wildman–Crippen LogP) is 1.84. The van der Waals surface area contributed by atoms with Crippen LogP contribution in [0.25, 0.3) is 4.72 Å². The summed E-state index contributed by atoms with van der Waals surface area (Å²) >= 11 is 0. The molecule has 0 radical (unpaired) electrons. The fraction of sp³-hybridized carbons (Fsp3) is 0. The summed E-state index contributed by atoms with van der Waals surface area (Å²) in [5.74, 6) is -0.141. The van der Waals surface area contributed by atoms with E-state index in [-0.39, 0.29) is 10.8 Å². The van der Waals surface area contributed by atoms with Crippen LogP contribution < -0.4 is 0 Å². The highest BCUT2D eigenvalue weighted by Gasteiger charge is 2.11. The van der Waals surface area contributed by atoms with Gasteiger partial charge in [-0.05, 0) is 36.7 Å². The molecular formula is C11H7N4O3S-. The Kier molecular flexibility index (Phi) is 3.65. The monoisotopic (exact) mass is 275 g/mol. The van der Waals surface area contributed by atoms with E-state index in [1.54, 1.807) is 6.07 Å². The molecule has 8 heteroatoms. The van der Waals surface area contributed by atoms with Crippen molar-refractivity contribution in [2.24, 2.45) is 4.99 Å². The molecule has 1 heterocycles. The third-order valence-corrected chi connectivity index (χ3v) is 3.33. The van der Waals surface area contributed by atoms with Crippen molar-refractivity contribution >= 4 is 27.7 Å². The van der Waals surface area contributed by atoms with Crippen molar-refractivity contribution in [2.45, 2.75) is 4.90 Å². The van der Waals surface area contributed by atoms with Gasteiger partial charge in [0.15, 0.2) is 0 Å². The van der Waals surface area contributed by atoms with E-state index in [2.05, 4.69) is 19.7 Å². The number of hydrogen-bond acceptors (Lipinski definition) is 6. The first-order valence-corrected chi connectivity index (χ1v) is 6.49. The van der Waals surface area contributed by atoms with Gasteiger partial charge in [0.2, 0.25) is 16.1 Å². The SMILES string of the molecule is O=C=Nc1ccc(S(=O)(=O)[N-]c2ncccn2)cc1. The number of carbonyl (C=O) groups excluding carboxylic acids is 1. The van der Waals surface area contributed by atoms with E-state index in [1.807, 2.05) is 0 Å². The maximum Gasteiger partial charge on any atom is 0.240 e. The van der Waals surface area contributed by atoms with Crippen molar-refractivity contribution in [3.05, 3.63) is 47.4 Å². The topological polar surface area (TPSA) is 103 Å². The lowest BCUT2D eigenvalue weighted by Gasteiger charge is -2.11. The van der Waals surface area contributed by atoms with Crippen molar-refractivity contribution in [1.29, 1.82) is 0 Å². The minimum absolute atomic E-state index is 0.0372. The summed E-state index contributed by atoms with van der Waals surface area (Å²) in [6, 6.07) is 6.88. The summed E-state index contributed by atoms with van der Waals surface area (Å²) in [6.45, 7) is 0. The van der Waals surface area contributed by atoms with Crippen LogP contribution in [0.2, 0.25) is 0 Å². The Morgan fingerprint density at radius 2 is 1.74 bits per heavy atom. The van der Waals surface area contributed by atoms with Crippen LogP contribution in [0.5, 0.6) is 0 Å². The molecule has 0 bridgehead atoms. The number of hydrogen-bond donors (Lipinski definition) is 0. The summed E-state index contributed by atoms with van der Waals surface area (Å²) in [6.07, 6.45) is 4.15. The zero-order valence-electron chi connectivity index (χ0n) is 9.46.